The van der Waals surface area contributed by atoms with Crippen LogP contribution in [0.3, 0.4) is 0 Å². The van der Waals surface area contributed by atoms with E-state index >= 15 is 0 Å². The average molecular weight is 224 g/mol. The molecule has 15 heavy (non-hydrogen) atoms. The maximum atomic E-state index is 5.44. The van der Waals surface area contributed by atoms with E-state index in [1.807, 2.05) is 6.07 Å². The fraction of sp³-hybridized carbons (Fsp3) is 0.538. The lowest BCUT2D eigenvalue weighted by molar-refractivity contribution is 0.418. The summed E-state index contributed by atoms with van der Waals surface area (Å²) >= 11 is 0. The van der Waals surface area contributed by atoms with Crippen LogP contribution >= 0.6 is 7.92 Å². The van der Waals surface area contributed by atoms with Gasteiger partial charge in [0.05, 0.1) is 7.11 Å². The molecule has 0 saturated heterocycles. The Labute approximate surface area is 94.6 Å². The Bertz CT molecular complexity index is 315. The van der Waals surface area contributed by atoms with Gasteiger partial charge < -0.3 is 4.74 Å². The highest BCUT2D eigenvalue weighted by molar-refractivity contribution is 7.67. The molecule has 1 atom stereocenters. The van der Waals surface area contributed by atoms with Crippen LogP contribution in [0.2, 0.25) is 0 Å². The minimum atomic E-state index is -0.146. The highest BCUT2D eigenvalue weighted by atomic mass is 31.1. The van der Waals surface area contributed by atoms with Crippen molar-refractivity contribution in [3.63, 3.8) is 0 Å². The summed E-state index contributed by atoms with van der Waals surface area (Å²) in [5.41, 5.74) is 0. The molecular weight excluding hydrogens is 203 g/mol. The van der Waals surface area contributed by atoms with Crippen LogP contribution in [0, 0.1) is 0 Å². The first-order chi connectivity index (χ1) is 7.00. The fourth-order valence-corrected chi connectivity index (χ4v) is 4.57. The lowest BCUT2D eigenvalue weighted by Crippen LogP contribution is -2.21. The van der Waals surface area contributed by atoms with E-state index in [1.165, 1.54) is 11.5 Å². The number of rotatable bonds is 3. The van der Waals surface area contributed by atoms with Crippen LogP contribution in [0.15, 0.2) is 24.3 Å². The molecule has 0 N–H and O–H groups in total. The summed E-state index contributed by atoms with van der Waals surface area (Å²) in [7, 11) is 1.61. The predicted molar refractivity (Wildman–Crippen MR) is 69.8 cm³/mol. The molecule has 0 aliphatic carbocycles. The lowest BCUT2D eigenvalue weighted by atomic mass is 10.3. The van der Waals surface area contributed by atoms with Crippen LogP contribution in [0.5, 0.6) is 5.75 Å². The van der Waals surface area contributed by atoms with Gasteiger partial charge in [-0.1, -0.05) is 53.8 Å². The minimum Gasteiger partial charge on any atom is -0.496 e. The van der Waals surface area contributed by atoms with Gasteiger partial charge in [0.2, 0.25) is 0 Å². The van der Waals surface area contributed by atoms with Crippen molar-refractivity contribution in [3.05, 3.63) is 24.3 Å². The van der Waals surface area contributed by atoms with E-state index in [9.17, 15) is 0 Å². The van der Waals surface area contributed by atoms with Gasteiger partial charge in [-0.2, -0.15) is 0 Å². The minimum absolute atomic E-state index is 0.146. The van der Waals surface area contributed by atoms with E-state index in [-0.39, 0.29) is 7.92 Å². The molecule has 0 heterocycles. The first kappa shape index (κ1) is 12.5. The molecule has 0 aliphatic rings. The Hall–Kier alpha value is -0.550. The SMILES string of the molecule is CCP(c1ccccc1OC)C(C)(C)C. The van der Waals surface area contributed by atoms with Gasteiger partial charge in [-0.05, 0) is 17.4 Å². The number of hydrogen-bond acceptors (Lipinski definition) is 1. The first-order valence-corrected chi connectivity index (χ1v) is 6.94. The second-order valence-electron chi connectivity index (χ2n) is 4.59. The van der Waals surface area contributed by atoms with E-state index < -0.39 is 0 Å². The Kier molecular flexibility index (Phi) is 4.16. The van der Waals surface area contributed by atoms with Gasteiger partial charge in [-0.25, -0.2) is 0 Å². The molecule has 0 radical (unpaired) electrons. The molecule has 0 amide bonds. The van der Waals surface area contributed by atoms with Crippen LogP contribution in [-0.4, -0.2) is 18.4 Å². The molecule has 0 aromatic heterocycles. The summed E-state index contributed by atoms with van der Waals surface area (Å²) in [5.74, 6) is 1.04. The summed E-state index contributed by atoms with van der Waals surface area (Å²) in [6.45, 7) is 9.21. The van der Waals surface area contributed by atoms with Crippen molar-refractivity contribution in [2.75, 3.05) is 13.3 Å². The standard InChI is InChI=1S/C13H21OP/c1-6-15(13(2,3)4)12-10-8-7-9-11(12)14-5/h7-10H,6H2,1-5H3. The lowest BCUT2D eigenvalue weighted by Gasteiger charge is -2.31. The zero-order chi connectivity index (χ0) is 11.5. The molecule has 0 fully saturated rings. The predicted octanol–water partition coefficient (Wildman–Crippen LogP) is 3.62. The largest absolute Gasteiger partial charge is 0.496 e. The van der Waals surface area contributed by atoms with Gasteiger partial charge in [-0.15, -0.1) is 0 Å². The van der Waals surface area contributed by atoms with E-state index in [0.717, 1.165) is 5.75 Å². The molecule has 1 aromatic rings. The molecule has 0 aliphatic heterocycles. The van der Waals surface area contributed by atoms with Crippen molar-refractivity contribution in [3.8, 4) is 5.75 Å². The molecule has 0 saturated carbocycles. The molecule has 1 aromatic carbocycles. The van der Waals surface area contributed by atoms with Gasteiger partial charge in [0.1, 0.15) is 5.75 Å². The second kappa shape index (κ2) is 4.99. The second-order valence-corrected chi connectivity index (χ2v) is 7.90. The van der Waals surface area contributed by atoms with Gasteiger partial charge in [0.25, 0.3) is 0 Å². The third-order valence-electron chi connectivity index (χ3n) is 2.50. The Morgan fingerprint density at radius 2 is 1.80 bits per heavy atom. The Morgan fingerprint density at radius 1 is 1.20 bits per heavy atom. The Morgan fingerprint density at radius 3 is 2.27 bits per heavy atom. The molecule has 0 bridgehead atoms. The van der Waals surface area contributed by atoms with Crippen LogP contribution in [0.1, 0.15) is 27.7 Å². The van der Waals surface area contributed by atoms with Crippen molar-refractivity contribution < 1.29 is 4.74 Å². The summed E-state index contributed by atoms with van der Waals surface area (Å²) in [6, 6.07) is 8.41. The van der Waals surface area contributed by atoms with Gasteiger partial charge in [0.15, 0.2) is 0 Å². The van der Waals surface area contributed by atoms with Crippen LogP contribution in [-0.2, 0) is 0 Å². The van der Waals surface area contributed by atoms with Crippen LogP contribution < -0.4 is 10.0 Å². The molecule has 1 nitrogen and oxygen atoms in total. The number of benzene rings is 1. The molecule has 2 heteroatoms. The van der Waals surface area contributed by atoms with Gasteiger partial charge >= 0.3 is 0 Å². The number of para-hydroxylation sites is 1. The zero-order valence-corrected chi connectivity index (χ0v) is 11.3. The highest BCUT2D eigenvalue weighted by Crippen LogP contribution is 2.49. The number of hydrogen-bond donors (Lipinski definition) is 0. The maximum Gasteiger partial charge on any atom is 0.126 e. The summed E-state index contributed by atoms with van der Waals surface area (Å²) in [5, 5.41) is 1.74. The third-order valence-corrected chi connectivity index (χ3v) is 5.70. The molecule has 1 rings (SSSR count). The number of ether oxygens (including phenoxy) is 1. The van der Waals surface area contributed by atoms with Crippen molar-refractivity contribution >= 4 is 13.2 Å². The molecular formula is C13H21OP. The quantitative estimate of drug-likeness (QED) is 0.712. The monoisotopic (exact) mass is 224 g/mol. The van der Waals surface area contributed by atoms with Crippen LogP contribution in [0.4, 0.5) is 0 Å². The van der Waals surface area contributed by atoms with E-state index in [4.69, 9.17) is 4.74 Å². The number of methoxy groups -OCH3 is 1. The van der Waals surface area contributed by atoms with E-state index in [0.29, 0.717) is 5.16 Å². The molecule has 84 valence electrons. The smallest absolute Gasteiger partial charge is 0.126 e. The normalized spacial score (nSPS) is 13.7. The first-order valence-electron chi connectivity index (χ1n) is 5.41. The van der Waals surface area contributed by atoms with Crippen molar-refractivity contribution in [1.82, 2.24) is 0 Å². The van der Waals surface area contributed by atoms with Crippen molar-refractivity contribution in [2.45, 2.75) is 32.9 Å². The maximum absolute atomic E-state index is 5.44. The average Bonchev–Trinajstić information content (AvgIpc) is 2.17. The third kappa shape index (κ3) is 2.95. The zero-order valence-electron chi connectivity index (χ0n) is 10.4. The van der Waals surface area contributed by atoms with Crippen molar-refractivity contribution in [1.29, 1.82) is 0 Å². The van der Waals surface area contributed by atoms with Crippen molar-refractivity contribution in [2.24, 2.45) is 0 Å². The Balaban J connectivity index is 3.12. The summed E-state index contributed by atoms with van der Waals surface area (Å²) < 4.78 is 5.44. The van der Waals surface area contributed by atoms with Gasteiger partial charge in [0, 0.05) is 5.30 Å². The fourth-order valence-electron chi connectivity index (χ4n) is 1.86. The highest BCUT2D eigenvalue weighted by Gasteiger charge is 2.26. The topological polar surface area (TPSA) is 9.23 Å². The van der Waals surface area contributed by atoms with E-state index in [2.05, 4.69) is 45.9 Å². The summed E-state index contributed by atoms with van der Waals surface area (Å²) in [6.07, 6.45) is 1.21. The van der Waals surface area contributed by atoms with Crippen LogP contribution in [0.25, 0.3) is 0 Å². The van der Waals surface area contributed by atoms with E-state index in [1.54, 1.807) is 7.11 Å². The molecule has 1 unspecified atom stereocenters. The molecule has 0 spiro atoms. The summed E-state index contributed by atoms with van der Waals surface area (Å²) in [4.78, 5) is 0. The van der Waals surface area contributed by atoms with Gasteiger partial charge in [-0.3, -0.25) is 0 Å².